The highest BCUT2D eigenvalue weighted by Crippen LogP contribution is 2.41. The highest BCUT2D eigenvalue weighted by atomic mass is 32.1. The first-order valence-corrected chi connectivity index (χ1v) is 10.0. The maximum Gasteiger partial charge on any atom is 0.424 e. The maximum atomic E-state index is 12.8. The van der Waals surface area contributed by atoms with Crippen molar-refractivity contribution in [3.05, 3.63) is 72.5 Å². The SMILES string of the molecule is Cc1cc(-c2oc(=O)n(-c3ccccc3)c2-c2cc(C)sc2C)c(C)s1. The van der Waals surface area contributed by atoms with Gasteiger partial charge in [-0.05, 0) is 52.0 Å². The van der Waals surface area contributed by atoms with E-state index in [0.29, 0.717) is 5.76 Å². The van der Waals surface area contributed by atoms with Crippen molar-refractivity contribution in [2.45, 2.75) is 27.7 Å². The zero-order valence-electron chi connectivity index (χ0n) is 15.1. The zero-order valence-corrected chi connectivity index (χ0v) is 16.8. The van der Waals surface area contributed by atoms with Crippen LogP contribution in [0, 0.1) is 27.7 Å². The average molecular weight is 382 g/mol. The van der Waals surface area contributed by atoms with Crippen LogP contribution in [0.3, 0.4) is 0 Å². The number of benzene rings is 1. The number of rotatable bonds is 3. The number of nitrogens with zero attached hydrogens (tertiary/aromatic N) is 1. The molecule has 0 spiro atoms. The fourth-order valence-electron chi connectivity index (χ4n) is 3.33. The van der Waals surface area contributed by atoms with Crippen LogP contribution in [-0.4, -0.2) is 4.57 Å². The van der Waals surface area contributed by atoms with Gasteiger partial charge in [0.1, 0.15) is 5.69 Å². The number of aromatic nitrogens is 1. The van der Waals surface area contributed by atoms with Gasteiger partial charge >= 0.3 is 5.76 Å². The first-order valence-electron chi connectivity index (χ1n) is 8.42. The lowest BCUT2D eigenvalue weighted by Gasteiger charge is -2.08. The minimum absolute atomic E-state index is 0.354. The van der Waals surface area contributed by atoms with Crippen LogP contribution in [0.2, 0.25) is 0 Å². The Morgan fingerprint density at radius 3 is 1.96 bits per heavy atom. The van der Waals surface area contributed by atoms with E-state index in [-0.39, 0.29) is 5.76 Å². The topological polar surface area (TPSA) is 35.1 Å². The van der Waals surface area contributed by atoms with Crippen molar-refractivity contribution in [1.82, 2.24) is 4.57 Å². The number of hydrogen-bond acceptors (Lipinski definition) is 4. The van der Waals surface area contributed by atoms with Gasteiger partial charge < -0.3 is 4.42 Å². The van der Waals surface area contributed by atoms with Gasteiger partial charge in [-0.2, -0.15) is 0 Å². The van der Waals surface area contributed by atoms with Crippen LogP contribution in [0.25, 0.3) is 28.3 Å². The standard InChI is InChI=1S/C21H19NO2S2/c1-12-10-17(14(3)25-12)19-20(18-11-13(2)26-15(18)4)24-21(23)22(19)16-8-6-5-7-9-16/h5-11H,1-4H3. The predicted octanol–water partition coefficient (Wildman–Crippen LogP) is 6.12. The van der Waals surface area contributed by atoms with Crippen molar-refractivity contribution in [1.29, 1.82) is 0 Å². The van der Waals surface area contributed by atoms with Gasteiger partial charge in [0.25, 0.3) is 0 Å². The van der Waals surface area contributed by atoms with Crippen molar-refractivity contribution >= 4 is 22.7 Å². The molecule has 132 valence electrons. The minimum atomic E-state index is -0.354. The van der Waals surface area contributed by atoms with E-state index >= 15 is 0 Å². The predicted molar refractivity (Wildman–Crippen MR) is 110 cm³/mol. The lowest BCUT2D eigenvalue weighted by molar-refractivity contribution is 0.516. The molecule has 0 amide bonds. The van der Waals surface area contributed by atoms with Gasteiger partial charge in [-0.25, -0.2) is 9.36 Å². The Kier molecular flexibility index (Phi) is 4.21. The minimum Gasteiger partial charge on any atom is -0.407 e. The molecule has 0 bridgehead atoms. The molecule has 4 rings (SSSR count). The third-order valence-electron chi connectivity index (χ3n) is 4.41. The van der Waals surface area contributed by atoms with Gasteiger partial charge in [-0.15, -0.1) is 22.7 Å². The van der Waals surface area contributed by atoms with E-state index in [1.165, 1.54) is 14.6 Å². The van der Waals surface area contributed by atoms with E-state index < -0.39 is 0 Å². The Morgan fingerprint density at radius 1 is 0.846 bits per heavy atom. The quantitative estimate of drug-likeness (QED) is 0.428. The fraction of sp³-hybridized carbons (Fsp3) is 0.190. The van der Waals surface area contributed by atoms with Gasteiger partial charge in [0.2, 0.25) is 0 Å². The van der Waals surface area contributed by atoms with Crippen molar-refractivity contribution in [2.24, 2.45) is 0 Å². The van der Waals surface area contributed by atoms with Gasteiger partial charge in [-0.1, -0.05) is 18.2 Å². The van der Waals surface area contributed by atoms with E-state index in [9.17, 15) is 4.79 Å². The fourth-order valence-corrected chi connectivity index (χ4v) is 5.18. The molecule has 0 radical (unpaired) electrons. The smallest absolute Gasteiger partial charge is 0.407 e. The molecule has 0 saturated carbocycles. The molecule has 3 heterocycles. The van der Waals surface area contributed by atoms with Crippen molar-refractivity contribution in [3.8, 4) is 28.3 Å². The number of aryl methyl sites for hydroxylation is 4. The summed E-state index contributed by atoms with van der Waals surface area (Å²) in [7, 11) is 0. The lowest BCUT2D eigenvalue weighted by Crippen LogP contribution is -2.13. The Morgan fingerprint density at radius 2 is 1.42 bits per heavy atom. The van der Waals surface area contributed by atoms with Crippen LogP contribution in [0.4, 0.5) is 0 Å². The molecule has 1 aromatic carbocycles. The monoisotopic (exact) mass is 381 g/mol. The van der Waals surface area contributed by atoms with Crippen LogP contribution >= 0.6 is 22.7 Å². The summed E-state index contributed by atoms with van der Waals surface area (Å²) < 4.78 is 7.51. The Balaban J connectivity index is 2.10. The zero-order chi connectivity index (χ0) is 18.4. The summed E-state index contributed by atoms with van der Waals surface area (Å²) in [5.74, 6) is 0.300. The van der Waals surface area contributed by atoms with E-state index in [2.05, 4.69) is 39.8 Å². The number of hydrogen-bond donors (Lipinski definition) is 0. The Hall–Kier alpha value is -2.37. The average Bonchev–Trinajstić information content (AvgIpc) is 3.22. The molecule has 0 aliphatic heterocycles. The summed E-state index contributed by atoms with van der Waals surface area (Å²) in [6, 6.07) is 13.9. The van der Waals surface area contributed by atoms with Crippen molar-refractivity contribution in [3.63, 3.8) is 0 Å². The largest absolute Gasteiger partial charge is 0.424 e. The van der Waals surface area contributed by atoms with Gasteiger partial charge in [0, 0.05) is 30.6 Å². The summed E-state index contributed by atoms with van der Waals surface area (Å²) in [5.41, 5.74) is 3.71. The van der Waals surface area contributed by atoms with Gasteiger partial charge in [0.05, 0.1) is 5.69 Å². The third-order valence-corrected chi connectivity index (χ3v) is 6.34. The molecular formula is C21H19NO2S2. The second-order valence-corrected chi connectivity index (χ2v) is 9.29. The molecule has 0 saturated heterocycles. The molecule has 0 atom stereocenters. The molecule has 0 aliphatic carbocycles. The molecule has 26 heavy (non-hydrogen) atoms. The van der Waals surface area contributed by atoms with Crippen LogP contribution < -0.4 is 5.76 Å². The van der Waals surface area contributed by atoms with E-state index in [1.807, 2.05) is 30.3 Å². The number of oxazole rings is 1. The van der Waals surface area contributed by atoms with E-state index in [4.69, 9.17) is 4.42 Å². The molecule has 4 aromatic rings. The second kappa shape index (κ2) is 6.41. The summed E-state index contributed by atoms with van der Waals surface area (Å²) in [6.45, 7) is 8.33. The normalized spacial score (nSPS) is 11.2. The molecule has 3 aromatic heterocycles. The first-order chi connectivity index (χ1) is 12.5. The Labute approximate surface area is 160 Å². The van der Waals surface area contributed by atoms with Gasteiger partial charge in [0.15, 0.2) is 5.76 Å². The number of para-hydroxylation sites is 1. The molecule has 3 nitrogen and oxygen atoms in total. The summed E-state index contributed by atoms with van der Waals surface area (Å²) in [5, 5.41) is 0. The van der Waals surface area contributed by atoms with Crippen LogP contribution in [0.15, 0.2) is 51.7 Å². The third kappa shape index (κ3) is 2.77. The summed E-state index contributed by atoms with van der Waals surface area (Å²) >= 11 is 3.46. The maximum absolute atomic E-state index is 12.8. The Bertz CT molecular complexity index is 1140. The summed E-state index contributed by atoms with van der Waals surface area (Å²) in [6.07, 6.45) is 0. The second-order valence-electron chi connectivity index (χ2n) is 6.37. The molecule has 0 unspecified atom stereocenters. The van der Waals surface area contributed by atoms with E-state index in [1.54, 1.807) is 27.2 Å². The summed E-state index contributed by atoms with van der Waals surface area (Å²) in [4.78, 5) is 17.6. The molecule has 0 aliphatic rings. The molecule has 5 heteroatoms. The first kappa shape index (κ1) is 17.1. The lowest BCUT2D eigenvalue weighted by atomic mass is 10.1. The van der Waals surface area contributed by atoms with Crippen molar-refractivity contribution in [2.75, 3.05) is 0 Å². The van der Waals surface area contributed by atoms with Crippen LogP contribution in [0.5, 0.6) is 0 Å². The van der Waals surface area contributed by atoms with Crippen molar-refractivity contribution < 1.29 is 4.42 Å². The van der Waals surface area contributed by atoms with Gasteiger partial charge in [-0.3, -0.25) is 0 Å². The van der Waals surface area contributed by atoms with E-state index in [0.717, 1.165) is 27.4 Å². The molecule has 0 fully saturated rings. The molecule has 0 N–H and O–H groups in total. The highest BCUT2D eigenvalue weighted by molar-refractivity contribution is 7.12. The number of thiophene rings is 2. The van der Waals surface area contributed by atoms with Crippen LogP contribution in [0.1, 0.15) is 19.5 Å². The highest BCUT2D eigenvalue weighted by Gasteiger charge is 2.25. The van der Waals surface area contributed by atoms with Crippen LogP contribution in [-0.2, 0) is 0 Å². The molecular weight excluding hydrogens is 362 g/mol.